The van der Waals surface area contributed by atoms with E-state index in [0.29, 0.717) is 11.1 Å². The fraction of sp³-hybridized carbons (Fsp3) is 0.143. The molecule has 1 N–H and O–H groups in total. The second-order valence-corrected chi connectivity index (χ2v) is 4.25. The highest BCUT2D eigenvalue weighted by Crippen LogP contribution is 2.37. The molecule has 1 heterocycles. The lowest BCUT2D eigenvalue weighted by atomic mass is 9.96. The van der Waals surface area contributed by atoms with Crippen molar-refractivity contribution in [3.8, 4) is 11.1 Å². The molecule has 0 saturated carbocycles. The molecule has 0 saturated heterocycles. The summed E-state index contributed by atoms with van der Waals surface area (Å²) in [5.74, 6) is -1.12. The van der Waals surface area contributed by atoms with Crippen LogP contribution in [0.5, 0.6) is 0 Å². The zero-order valence-corrected chi connectivity index (χ0v) is 10.4. The van der Waals surface area contributed by atoms with Crippen LogP contribution in [0.1, 0.15) is 21.5 Å². The Morgan fingerprint density at radius 1 is 1.20 bits per heavy atom. The number of aromatic nitrogens is 1. The van der Waals surface area contributed by atoms with Crippen molar-refractivity contribution in [3.63, 3.8) is 0 Å². The molecule has 0 radical (unpaired) electrons. The molecule has 1 aromatic carbocycles. The molecule has 0 aliphatic rings. The SMILES string of the molecule is Cc1cc(C(=O)O)ccc1-c1cnccc1C(F)(F)F. The molecule has 2 aromatic rings. The summed E-state index contributed by atoms with van der Waals surface area (Å²) in [7, 11) is 0. The monoisotopic (exact) mass is 281 g/mol. The third-order valence-corrected chi connectivity index (χ3v) is 2.89. The van der Waals surface area contributed by atoms with E-state index in [1.165, 1.54) is 18.2 Å². The number of hydrogen-bond donors (Lipinski definition) is 1. The standard InChI is InChI=1S/C14H10F3NO2/c1-8-6-9(13(19)20)2-3-10(8)11-7-18-5-4-12(11)14(15,16)17/h2-7H,1H3,(H,19,20). The average Bonchev–Trinajstić information content (AvgIpc) is 2.37. The van der Waals surface area contributed by atoms with Gasteiger partial charge in [-0.25, -0.2) is 4.79 Å². The third kappa shape index (κ3) is 2.64. The Bertz CT molecular complexity index is 666. The minimum absolute atomic E-state index is 0.0312. The molecule has 0 atom stereocenters. The largest absolute Gasteiger partial charge is 0.478 e. The number of nitrogens with zero attached hydrogens (tertiary/aromatic N) is 1. The molecular weight excluding hydrogens is 271 g/mol. The maximum atomic E-state index is 13.0. The highest BCUT2D eigenvalue weighted by molar-refractivity contribution is 5.89. The molecule has 0 fully saturated rings. The topological polar surface area (TPSA) is 50.2 Å². The maximum Gasteiger partial charge on any atom is 0.417 e. The summed E-state index contributed by atoms with van der Waals surface area (Å²) in [6.45, 7) is 1.56. The molecule has 0 unspecified atom stereocenters. The van der Waals surface area contributed by atoms with Gasteiger partial charge in [0.05, 0.1) is 11.1 Å². The minimum atomic E-state index is -4.49. The van der Waals surface area contributed by atoms with Crippen LogP contribution >= 0.6 is 0 Å². The van der Waals surface area contributed by atoms with E-state index < -0.39 is 17.7 Å². The van der Waals surface area contributed by atoms with Crippen molar-refractivity contribution >= 4 is 5.97 Å². The Labute approximate surface area is 112 Å². The average molecular weight is 281 g/mol. The summed E-state index contributed by atoms with van der Waals surface area (Å²) in [5, 5.41) is 8.86. The van der Waals surface area contributed by atoms with E-state index in [4.69, 9.17) is 5.11 Å². The molecule has 20 heavy (non-hydrogen) atoms. The number of carboxylic acid groups (broad SMARTS) is 1. The van der Waals surface area contributed by atoms with Gasteiger partial charge in [-0.3, -0.25) is 4.98 Å². The Morgan fingerprint density at radius 2 is 1.90 bits per heavy atom. The molecule has 0 aliphatic heterocycles. The minimum Gasteiger partial charge on any atom is -0.478 e. The highest BCUT2D eigenvalue weighted by atomic mass is 19.4. The van der Waals surface area contributed by atoms with E-state index in [1.54, 1.807) is 6.92 Å². The van der Waals surface area contributed by atoms with Gasteiger partial charge in [-0.1, -0.05) is 6.07 Å². The summed E-state index contributed by atoms with van der Waals surface area (Å²) in [5.41, 5.74) is -0.0596. The van der Waals surface area contributed by atoms with Crippen LogP contribution in [0.4, 0.5) is 13.2 Å². The first kappa shape index (κ1) is 14.0. The Morgan fingerprint density at radius 3 is 2.45 bits per heavy atom. The van der Waals surface area contributed by atoms with Gasteiger partial charge in [0, 0.05) is 18.0 Å². The van der Waals surface area contributed by atoms with Crippen LogP contribution < -0.4 is 0 Å². The smallest absolute Gasteiger partial charge is 0.417 e. The number of aromatic carboxylic acids is 1. The zero-order valence-electron chi connectivity index (χ0n) is 10.4. The number of carboxylic acids is 1. The number of carbonyl (C=O) groups is 1. The maximum absolute atomic E-state index is 13.0. The fourth-order valence-electron chi connectivity index (χ4n) is 1.96. The van der Waals surface area contributed by atoms with Gasteiger partial charge in [0.15, 0.2) is 0 Å². The van der Waals surface area contributed by atoms with E-state index in [0.717, 1.165) is 18.5 Å². The predicted octanol–water partition coefficient (Wildman–Crippen LogP) is 3.77. The summed E-state index contributed by atoms with van der Waals surface area (Å²) in [4.78, 5) is 14.6. The summed E-state index contributed by atoms with van der Waals surface area (Å²) in [6.07, 6.45) is -2.28. The molecular formula is C14H10F3NO2. The van der Waals surface area contributed by atoms with E-state index in [-0.39, 0.29) is 11.1 Å². The Kier molecular flexibility index (Phi) is 3.48. The predicted molar refractivity (Wildman–Crippen MR) is 66.4 cm³/mol. The first-order chi connectivity index (χ1) is 9.30. The second-order valence-electron chi connectivity index (χ2n) is 4.25. The van der Waals surface area contributed by atoms with Crippen LogP contribution in [0, 0.1) is 6.92 Å². The summed E-state index contributed by atoms with van der Waals surface area (Å²) < 4.78 is 38.9. The van der Waals surface area contributed by atoms with E-state index >= 15 is 0 Å². The quantitative estimate of drug-likeness (QED) is 0.911. The Balaban J connectivity index is 2.61. The molecule has 104 valence electrons. The van der Waals surface area contributed by atoms with Gasteiger partial charge in [0.1, 0.15) is 0 Å². The lowest BCUT2D eigenvalue weighted by Gasteiger charge is -2.14. The second kappa shape index (κ2) is 4.96. The van der Waals surface area contributed by atoms with Crippen LogP contribution in [-0.4, -0.2) is 16.1 Å². The van der Waals surface area contributed by atoms with Crippen LogP contribution in [0.15, 0.2) is 36.7 Å². The van der Waals surface area contributed by atoms with Crippen LogP contribution in [0.25, 0.3) is 11.1 Å². The first-order valence-corrected chi connectivity index (χ1v) is 5.66. The van der Waals surface area contributed by atoms with Gasteiger partial charge in [-0.2, -0.15) is 13.2 Å². The Hall–Kier alpha value is -2.37. The first-order valence-electron chi connectivity index (χ1n) is 5.66. The van der Waals surface area contributed by atoms with Crippen molar-refractivity contribution in [2.75, 3.05) is 0 Å². The number of halogens is 3. The van der Waals surface area contributed by atoms with E-state index in [1.807, 2.05) is 0 Å². The van der Waals surface area contributed by atoms with Crippen molar-refractivity contribution in [2.24, 2.45) is 0 Å². The number of benzene rings is 1. The van der Waals surface area contributed by atoms with Gasteiger partial charge in [0.2, 0.25) is 0 Å². The molecule has 6 heteroatoms. The highest BCUT2D eigenvalue weighted by Gasteiger charge is 2.33. The van der Waals surface area contributed by atoms with Crippen molar-refractivity contribution in [1.82, 2.24) is 4.98 Å². The van der Waals surface area contributed by atoms with Gasteiger partial charge in [-0.15, -0.1) is 0 Å². The van der Waals surface area contributed by atoms with Crippen molar-refractivity contribution in [3.05, 3.63) is 53.3 Å². The number of rotatable bonds is 2. The van der Waals surface area contributed by atoms with Crippen molar-refractivity contribution < 1.29 is 23.1 Å². The lowest BCUT2D eigenvalue weighted by Crippen LogP contribution is -2.08. The molecule has 3 nitrogen and oxygen atoms in total. The summed E-state index contributed by atoms with van der Waals surface area (Å²) in [6, 6.07) is 4.88. The van der Waals surface area contributed by atoms with Crippen molar-refractivity contribution in [2.45, 2.75) is 13.1 Å². The molecule has 0 spiro atoms. The molecule has 2 rings (SSSR count). The molecule has 0 aliphatic carbocycles. The summed E-state index contributed by atoms with van der Waals surface area (Å²) >= 11 is 0. The van der Waals surface area contributed by atoms with Crippen molar-refractivity contribution in [1.29, 1.82) is 0 Å². The van der Waals surface area contributed by atoms with E-state index in [2.05, 4.69) is 4.98 Å². The fourth-order valence-corrected chi connectivity index (χ4v) is 1.96. The van der Waals surface area contributed by atoms with Gasteiger partial charge < -0.3 is 5.11 Å². The normalized spacial score (nSPS) is 11.4. The number of hydrogen-bond acceptors (Lipinski definition) is 2. The molecule has 1 aromatic heterocycles. The number of pyridine rings is 1. The van der Waals surface area contributed by atoms with E-state index in [9.17, 15) is 18.0 Å². The van der Waals surface area contributed by atoms with Crippen LogP contribution in [0.2, 0.25) is 0 Å². The number of aryl methyl sites for hydroxylation is 1. The van der Waals surface area contributed by atoms with Crippen LogP contribution in [0.3, 0.4) is 0 Å². The van der Waals surface area contributed by atoms with Gasteiger partial charge >= 0.3 is 12.1 Å². The third-order valence-electron chi connectivity index (χ3n) is 2.89. The molecule has 0 bridgehead atoms. The van der Waals surface area contributed by atoms with Gasteiger partial charge in [-0.05, 0) is 36.2 Å². The van der Waals surface area contributed by atoms with Gasteiger partial charge in [0.25, 0.3) is 0 Å². The van der Waals surface area contributed by atoms with Crippen LogP contribution in [-0.2, 0) is 6.18 Å². The number of alkyl halides is 3. The lowest BCUT2D eigenvalue weighted by molar-refractivity contribution is -0.137. The zero-order chi connectivity index (χ0) is 14.9. The molecule has 0 amide bonds.